The molecule has 7 heteroatoms. The normalized spacial score (nSPS) is 10.9. The predicted octanol–water partition coefficient (Wildman–Crippen LogP) is 2.67. The zero-order valence-corrected chi connectivity index (χ0v) is 14.1. The second kappa shape index (κ2) is 6.12. The van der Waals surface area contributed by atoms with Crippen LogP contribution in [0.15, 0.2) is 70.0 Å². The van der Waals surface area contributed by atoms with Crippen LogP contribution in [-0.2, 0) is 0 Å². The second-order valence-corrected chi connectivity index (χ2v) is 6.05. The molecule has 0 fully saturated rings. The Balaban J connectivity index is 1.82. The van der Waals surface area contributed by atoms with Gasteiger partial charge in [-0.2, -0.15) is 0 Å². The fraction of sp³-hybridized carbons (Fsp3) is 0. The first-order valence-electron chi connectivity index (χ1n) is 7.69. The number of fused-ring (bicyclic) bond motifs is 1. The maximum atomic E-state index is 12.3. The Kier molecular flexibility index (Phi) is 3.78. The summed E-state index contributed by atoms with van der Waals surface area (Å²) in [6.07, 6.45) is 1.68. The molecule has 0 aliphatic rings. The lowest BCUT2D eigenvalue weighted by Crippen LogP contribution is -2.22. The van der Waals surface area contributed by atoms with E-state index in [9.17, 15) is 14.7 Å². The van der Waals surface area contributed by atoms with Gasteiger partial charge in [-0.15, -0.1) is 0 Å². The topological polar surface area (TPSA) is 91.1 Å². The Morgan fingerprint density at radius 2 is 1.85 bits per heavy atom. The van der Waals surface area contributed by atoms with Crippen LogP contribution in [0.2, 0.25) is 0 Å². The average Bonchev–Trinajstić information content (AvgIpc) is 3.02. The minimum atomic E-state index is -1.25. The first-order valence-corrected chi connectivity index (χ1v) is 8.10. The van der Waals surface area contributed by atoms with Crippen molar-refractivity contribution in [1.29, 1.82) is 0 Å². The number of carboxylic acid groups (broad SMARTS) is 1. The molecule has 0 bridgehead atoms. The third-order valence-electron chi connectivity index (χ3n) is 4.03. The number of carbonyl (C=O) groups excluding carboxylic acids is 1. The molecular weight excluding hydrogens is 352 g/mol. The molecule has 4 aromatic rings. The fourth-order valence-corrected chi connectivity index (χ4v) is 3.00. The molecule has 0 saturated carbocycles. The Labute approximate surface area is 152 Å². The van der Waals surface area contributed by atoms with Gasteiger partial charge in [0.2, 0.25) is 0 Å². The number of imidazole rings is 1. The first-order chi connectivity index (χ1) is 12.5. The Morgan fingerprint density at radius 1 is 1.12 bits per heavy atom. The number of aromatic carboxylic acids is 1. The number of benzene rings is 2. The molecule has 0 aliphatic heterocycles. The van der Waals surface area contributed by atoms with Crippen molar-refractivity contribution in [2.45, 2.75) is 0 Å². The molecule has 0 atom stereocenters. The largest absolute Gasteiger partial charge is 0.545 e. The van der Waals surface area contributed by atoms with E-state index < -0.39 is 11.6 Å². The number of aromatic nitrogens is 2. The monoisotopic (exact) mass is 363 g/mol. The molecule has 0 amide bonds. The van der Waals surface area contributed by atoms with E-state index in [4.69, 9.17) is 16.6 Å². The first kappa shape index (κ1) is 16.0. The maximum absolute atomic E-state index is 12.3. The molecular formula is C19H11N2O4S-. The highest BCUT2D eigenvalue weighted by atomic mass is 32.1. The third kappa shape index (κ3) is 2.74. The number of aromatic amines is 1. The van der Waals surface area contributed by atoms with Crippen LogP contribution in [0, 0.1) is 4.77 Å². The van der Waals surface area contributed by atoms with E-state index in [1.165, 1.54) is 12.1 Å². The number of nitrogens with zero attached hydrogens (tertiary/aromatic N) is 1. The number of nitrogens with one attached hydrogen (secondary N) is 1. The standard InChI is InChI=1S/C19H12N2O4S/c22-17(23)11-5-7-13(8-6-11)21-10-15(20-19(21)26)14-9-12-3-1-2-4-16(12)25-18(14)24/h1-10H,(H,20,26)(H,22,23)/p-1. The van der Waals surface area contributed by atoms with Crippen molar-refractivity contribution in [2.75, 3.05) is 0 Å². The molecule has 4 rings (SSSR count). The van der Waals surface area contributed by atoms with E-state index in [2.05, 4.69) is 4.98 Å². The molecule has 0 unspecified atom stereocenters. The summed E-state index contributed by atoms with van der Waals surface area (Å²) in [7, 11) is 0. The molecule has 0 spiro atoms. The molecule has 2 heterocycles. The highest BCUT2D eigenvalue weighted by Gasteiger charge is 2.11. The summed E-state index contributed by atoms with van der Waals surface area (Å²) in [4.78, 5) is 26.2. The number of para-hydroxylation sites is 1. The molecule has 1 N–H and O–H groups in total. The number of hydrogen-bond donors (Lipinski definition) is 1. The van der Waals surface area contributed by atoms with Gasteiger partial charge in [-0.05, 0) is 42.0 Å². The van der Waals surface area contributed by atoms with Gasteiger partial charge in [-0.25, -0.2) is 4.79 Å². The van der Waals surface area contributed by atoms with Crippen molar-refractivity contribution in [1.82, 2.24) is 9.55 Å². The minimum absolute atomic E-state index is 0.0752. The molecule has 0 radical (unpaired) electrons. The number of hydrogen-bond acceptors (Lipinski definition) is 5. The summed E-state index contributed by atoms with van der Waals surface area (Å²) in [5.74, 6) is -1.25. The summed E-state index contributed by atoms with van der Waals surface area (Å²) >= 11 is 5.32. The van der Waals surface area contributed by atoms with Crippen molar-refractivity contribution in [2.24, 2.45) is 0 Å². The molecule has 2 aromatic carbocycles. The van der Waals surface area contributed by atoms with Crippen LogP contribution >= 0.6 is 12.2 Å². The van der Waals surface area contributed by atoms with Crippen molar-refractivity contribution >= 4 is 29.2 Å². The summed E-state index contributed by atoms with van der Waals surface area (Å²) in [6, 6.07) is 15.1. The van der Waals surface area contributed by atoms with Gasteiger partial charge in [0.1, 0.15) is 5.58 Å². The van der Waals surface area contributed by atoms with Gasteiger partial charge in [0, 0.05) is 17.3 Å². The second-order valence-electron chi connectivity index (χ2n) is 5.66. The van der Waals surface area contributed by atoms with E-state index in [0.29, 0.717) is 27.3 Å². The van der Waals surface area contributed by atoms with E-state index in [-0.39, 0.29) is 5.56 Å². The smallest absolute Gasteiger partial charge is 0.345 e. The van der Waals surface area contributed by atoms with Gasteiger partial charge in [0.05, 0.1) is 17.2 Å². The summed E-state index contributed by atoms with van der Waals surface area (Å²) in [5.41, 5.74) is 1.65. The van der Waals surface area contributed by atoms with Crippen LogP contribution < -0.4 is 10.7 Å². The lowest BCUT2D eigenvalue weighted by atomic mass is 10.1. The number of rotatable bonds is 3. The number of H-pyrrole nitrogens is 1. The Hall–Kier alpha value is -3.45. The lowest BCUT2D eigenvalue weighted by Gasteiger charge is -2.05. The zero-order chi connectivity index (χ0) is 18.3. The van der Waals surface area contributed by atoms with E-state index >= 15 is 0 Å². The maximum Gasteiger partial charge on any atom is 0.345 e. The van der Waals surface area contributed by atoms with Gasteiger partial charge in [-0.3, -0.25) is 4.57 Å². The van der Waals surface area contributed by atoms with Crippen LogP contribution in [0.5, 0.6) is 0 Å². The summed E-state index contributed by atoms with van der Waals surface area (Å²) in [5, 5.41) is 11.7. The summed E-state index contributed by atoms with van der Waals surface area (Å²) < 4.78 is 7.37. The third-order valence-corrected chi connectivity index (χ3v) is 4.33. The van der Waals surface area contributed by atoms with Crippen LogP contribution in [0.3, 0.4) is 0 Å². The zero-order valence-electron chi connectivity index (χ0n) is 13.3. The number of carboxylic acids is 1. The summed E-state index contributed by atoms with van der Waals surface area (Å²) in [6.45, 7) is 0. The van der Waals surface area contributed by atoms with Crippen molar-refractivity contribution < 1.29 is 14.3 Å². The van der Waals surface area contributed by atoms with Gasteiger partial charge in [0.25, 0.3) is 0 Å². The van der Waals surface area contributed by atoms with E-state index in [1.807, 2.05) is 12.1 Å². The average molecular weight is 363 g/mol. The highest BCUT2D eigenvalue weighted by Crippen LogP contribution is 2.21. The quantitative estimate of drug-likeness (QED) is 0.446. The van der Waals surface area contributed by atoms with Gasteiger partial charge in [-0.1, -0.05) is 30.3 Å². The predicted molar refractivity (Wildman–Crippen MR) is 96.8 cm³/mol. The van der Waals surface area contributed by atoms with Crippen molar-refractivity contribution in [3.05, 3.63) is 81.5 Å². The molecule has 0 aliphatic carbocycles. The van der Waals surface area contributed by atoms with Crippen molar-refractivity contribution in [3.8, 4) is 16.9 Å². The molecule has 26 heavy (non-hydrogen) atoms. The van der Waals surface area contributed by atoms with Crippen LogP contribution in [0.25, 0.3) is 27.9 Å². The SMILES string of the molecule is O=C([O-])c1ccc(-n2cc(-c3cc4ccccc4oc3=O)[nH]c2=S)cc1. The van der Waals surface area contributed by atoms with Gasteiger partial charge in [0.15, 0.2) is 4.77 Å². The van der Waals surface area contributed by atoms with Gasteiger partial charge < -0.3 is 19.3 Å². The van der Waals surface area contributed by atoms with Gasteiger partial charge >= 0.3 is 5.63 Å². The van der Waals surface area contributed by atoms with Crippen LogP contribution in [0.1, 0.15) is 10.4 Å². The Bertz CT molecular complexity index is 1250. The van der Waals surface area contributed by atoms with Crippen LogP contribution in [-0.4, -0.2) is 15.5 Å². The van der Waals surface area contributed by atoms with E-state index in [1.54, 1.807) is 41.1 Å². The molecule has 6 nitrogen and oxygen atoms in total. The highest BCUT2D eigenvalue weighted by molar-refractivity contribution is 7.71. The Morgan fingerprint density at radius 3 is 2.58 bits per heavy atom. The van der Waals surface area contributed by atoms with E-state index in [0.717, 1.165) is 5.39 Å². The molecule has 2 aromatic heterocycles. The van der Waals surface area contributed by atoms with Crippen molar-refractivity contribution in [3.63, 3.8) is 0 Å². The lowest BCUT2D eigenvalue weighted by molar-refractivity contribution is -0.255. The molecule has 0 saturated heterocycles. The van der Waals surface area contributed by atoms with Crippen LogP contribution in [0.4, 0.5) is 0 Å². The fourth-order valence-electron chi connectivity index (χ4n) is 2.73. The number of carbonyl (C=O) groups is 1. The minimum Gasteiger partial charge on any atom is -0.545 e. The molecule has 128 valence electrons.